The molecule has 2 heteroatoms. The second-order valence-electron chi connectivity index (χ2n) is 1.61. The summed E-state index contributed by atoms with van der Waals surface area (Å²) in [7, 11) is 1.64. The van der Waals surface area contributed by atoms with Gasteiger partial charge in [0, 0.05) is 0 Å². The summed E-state index contributed by atoms with van der Waals surface area (Å²) >= 11 is 3.90. The Kier molecular flexibility index (Phi) is 6.08. The third-order valence-electron chi connectivity index (χ3n) is 0.913. The Morgan fingerprint density at radius 2 is 2.20 bits per heavy atom. The molecule has 0 aliphatic heterocycles. The maximum atomic E-state index is 4.98. The lowest BCUT2D eigenvalue weighted by molar-refractivity contribution is 0.307. The van der Waals surface area contributed by atoms with Crippen molar-refractivity contribution in [2.75, 3.05) is 7.11 Å². The fourth-order valence-electron chi connectivity index (χ4n) is 0.494. The molecule has 0 unspecified atom stereocenters. The van der Waals surface area contributed by atoms with Crippen molar-refractivity contribution < 1.29 is 4.74 Å². The van der Waals surface area contributed by atoms with Gasteiger partial charge in [0.05, 0.1) is 7.11 Å². The lowest BCUT2D eigenvalue weighted by Crippen LogP contribution is -1.78. The van der Waals surface area contributed by atoms with Crippen LogP contribution >= 0.6 is 12.6 Å². The van der Waals surface area contributed by atoms with Crippen LogP contribution in [0.5, 0.6) is 0 Å². The van der Waals surface area contributed by atoms with Crippen LogP contribution in [0.4, 0.5) is 0 Å². The molecule has 0 aromatic rings. The summed E-state index contributed by atoms with van der Waals surface area (Å²) < 4.78 is 4.98. The molecular weight excluding hydrogens is 144 g/mol. The second kappa shape index (κ2) is 6.49. The van der Waals surface area contributed by atoms with E-state index in [1.54, 1.807) is 12.5 Å². The van der Waals surface area contributed by atoms with Gasteiger partial charge in [0.1, 0.15) is 5.76 Å². The molecule has 0 saturated heterocycles. The zero-order valence-corrected chi connectivity index (χ0v) is 7.14. The molecule has 0 aromatic heterocycles. The molecule has 0 aliphatic carbocycles. The standard InChI is InChI=1S/C8H12OS/c1-3-5-8(9-2)6-4-7-10/h3-7,10H,1-2H3/b5-3-,7-4+,8-6+. The van der Waals surface area contributed by atoms with E-state index in [9.17, 15) is 0 Å². The molecule has 0 saturated carbocycles. The normalized spacial score (nSPS) is 13.3. The monoisotopic (exact) mass is 156 g/mol. The van der Waals surface area contributed by atoms with Crippen molar-refractivity contribution in [1.29, 1.82) is 0 Å². The van der Waals surface area contributed by atoms with Gasteiger partial charge >= 0.3 is 0 Å². The van der Waals surface area contributed by atoms with Gasteiger partial charge in [0.25, 0.3) is 0 Å². The lowest BCUT2D eigenvalue weighted by atomic mass is 10.4. The molecule has 0 N–H and O–H groups in total. The minimum absolute atomic E-state index is 0.827. The van der Waals surface area contributed by atoms with Gasteiger partial charge < -0.3 is 4.74 Å². The van der Waals surface area contributed by atoms with Gasteiger partial charge in [-0.2, -0.15) is 12.6 Å². The number of thiol groups is 1. The van der Waals surface area contributed by atoms with Crippen molar-refractivity contribution in [3.8, 4) is 0 Å². The van der Waals surface area contributed by atoms with E-state index in [0.717, 1.165) is 5.76 Å². The number of methoxy groups -OCH3 is 1. The van der Waals surface area contributed by atoms with Crippen LogP contribution in [0.15, 0.2) is 35.5 Å². The van der Waals surface area contributed by atoms with Gasteiger partial charge in [0.15, 0.2) is 0 Å². The first-order chi connectivity index (χ1) is 4.85. The summed E-state index contributed by atoms with van der Waals surface area (Å²) in [6.07, 6.45) is 7.45. The van der Waals surface area contributed by atoms with Crippen LogP contribution in [0, 0.1) is 0 Å². The first-order valence-electron chi connectivity index (χ1n) is 3.03. The molecule has 10 heavy (non-hydrogen) atoms. The van der Waals surface area contributed by atoms with E-state index in [1.807, 2.05) is 31.2 Å². The molecule has 1 nitrogen and oxygen atoms in total. The summed E-state index contributed by atoms with van der Waals surface area (Å²) in [5.74, 6) is 0.827. The predicted molar refractivity (Wildman–Crippen MR) is 48.0 cm³/mol. The number of rotatable bonds is 3. The SMILES string of the molecule is C\C=C/C(=C\C=C\S)OC. The van der Waals surface area contributed by atoms with Crippen LogP contribution in [0.25, 0.3) is 0 Å². The Labute approximate surface area is 67.5 Å². The molecule has 0 aliphatic rings. The van der Waals surface area contributed by atoms with Gasteiger partial charge in [-0.1, -0.05) is 12.2 Å². The van der Waals surface area contributed by atoms with Crippen LogP contribution in [0.2, 0.25) is 0 Å². The van der Waals surface area contributed by atoms with Crippen LogP contribution < -0.4 is 0 Å². The van der Waals surface area contributed by atoms with E-state index in [0.29, 0.717) is 0 Å². The second-order valence-corrected chi connectivity index (χ2v) is 1.91. The van der Waals surface area contributed by atoms with Crippen LogP contribution in [0.3, 0.4) is 0 Å². The molecule has 0 radical (unpaired) electrons. The Bertz CT molecular complexity index is 157. The summed E-state index contributed by atoms with van der Waals surface area (Å²) in [6, 6.07) is 0. The van der Waals surface area contributed by atoms with Gasteiger partial charge in [-0.05, 0) is 24.5 Å². The highest BCUT2D eigenvalue weighted by Gasteiger charge is 1.81. The highest BCUT2D eigenvalue weighted by Crippen LogP contribution is 1.97. The minimum atomic E-state index is 0.827. The van der Waals surface area contributed by atoms with Crippen molar-refractivity contribution >= 4 is 12.6 Å². The predicted octanol–water partition coefficient (Wildman–Crippen LogP) is 2.54. The number of hydrogen-bond acceptors (Lipinski definition) is 2. The van der Waals surface area contributed by atoms with Crippen LogP contribution in [0.1, 0.15) is 6.92 Å². The van der Waals surface area contributed by atoms with Gasteiger partial charge in [0.2, 0.25) is 0 Å². The third-order valence-corrected chi connectivity index (χ3v) is 1.09. The Morgan fingerprint density at radius 3 is 2.60 bits per heavy atom. The fraction of sp³-hybridized carbons (Fsp3) is 0.250. The van der Waals surface area contributed by atoms with E-state index in [4.69, 9.17) is 4.74 Å². The maximum absolute atomic E-state index is 4.98. The van der Waals surface area contributed by atoms with Crippen molar-refractivity contribution in [2.24, 2.45) is 0 Å². The minimum Gasteiger partial charge on any atom is -0.497 e. The molecule has 0 atom stereocenters. The summed E-state index contributed by atoms with van der Waals surface area (Å²) in [4.78, 5) is 0. The largest absolute Gasteiger partial charge is 0.497 e. The summed E-state index contributed by atoms with van der Waals surface area (Å²) in [5.41, 5.74) is 0. The van der Waals surface area contributed by atoms with E-state index in [-0.39, 0.29) is 0 Å². The van der Waals surface area contributed by atoms with E-state index >= 15 is 0 Å². The van der Waals surface area contributed by atoms with Crippen molar-refractivity contribution in [2.45, 2.75) is 6.92 Å². The molecule has 0 amide bonds. The van der Waals surface area contributed by atoms with E-state index in [2.05, 4.69) is 12.6 Å². The molecule has 0 rings (SSSR count). The lowest BCUT2D eigenvalue weighted by Gasteiger charge is -1.95. The number of allylic oxidation sites excluding steroid dienone is 4. The Balaban J connectivity index is 4.04. The highest BCUT2D eigenvalue weighted by molar-refractivity contribution is 7.83. The van der Waals surface area contributed by atoms with Crippen molar-refractivity contribution in [3.05, 3.63) is 35.5 Å². The van der Waals surface area contributed by atoms with E-state index in [1.165, 1.54) is 0 Å². The summed E-state index contributed by atoms with van der Waals surface area (Å²) in [6.45, 7) is 1.94. The Hall–Kier alpha value is -0.630. The topological polar surface area (TPSA) is 9.23 Å². The van der Waals surface area contributed by atoms with Crippen molar-refractivity contribution in [3.63, 3.8) is 0 Å². The molecule has 0 spiro atoms. The fourth-order valence-corrected chi connectivity index (χ4v) is 0.580. The van der Waals surface area contributed by atoms with Crippen molar-refractivity contribution in [1.82, 2.24) is 0 Å². The van der Waals surface area contributed by atoms with Gasteiger partial charge in [-0.3, -0.25) is 0 Å². The van der Waals surface area contributed by atoms with E-state index < -0.39 is 0 Å². The Morgan fingerprint density at radius 1 is 1.50 bits per heavy atom. The zero-order valence-electron chi connectivity index (χ0n) is 6.24. The molecule has 0 aromatic carbocycles. The molecule has 0 fully saturated rings. The quantitative estimate of drug-likeness (QED) is 0.375. The highest BCUT2D eigenvalue weighted by atomic mass is 32.1. The van der Waals surface area contributed by atoms with Crippen LogP contribution in [-0.4, -0.2) is 7.11 Å². The van der Waals surface area contributed by atoms with Crippen LogP contribution in [-0.2, 0) is 4.74 Å². The molecular formula is C8H12OS. The maximum Gasteiger partial charge on any atom is 0.118 e. The molecule has 56 valence electrons. The third kappa shape index (κ3) is 4.27. The number of ether oxygens (including phenoxy) is 1. The number of hydrogen-bond donors (Lipinski definition) is 1. The van der Waals surface area contributed by atoms with Gasteiger partial charge in [-0.15, -0.1) is 0 Å². The first-order valence-corrected chi connectivity index (χ1v) is 3.54. The smallest absolute Gasteiger partial charge is 0.118 e. The average molecular weight is 156 g/mol. The molecule has 0 bridgehead atoms. The zero-order chi connectivity index (χ0) is 7.82. The molecule has 0 heterocycles. The first kappa shape index (κ1) is 9.37. The van der Waals surface area contributed by atoms with Gasteiger partial charge in [-0.25, -0.2) is 0 Å². The average Bonchev–Trinajstić information content (AvgIpc) is 1.98. The summed E-state index contributed by atoms with van der Waals surface area (Å²) in [5, 5.41) is 1.66.